The third-order valence-electron chi connectivity index (χ3n) is 2.95. The van der Waals surface area contributed by atoms with Gasteiger partial charge in [-0.3, -0.25) is 4.98 Å². The van der Waals surface area contributed by atoms with E-state index in [0.717, 1.165) is 33.8 Å². The Hall–Kier alpha value is -2.01. The first kappa shape index (κ1) is 12.0. The number of aryl methyl sites for hydroxylation is 1. The molecule has 96 valence electrons. The maximum atomic E-state index is 4.65. The number of anilines is 1. The molecule has 3 aromatic heterocycles. The molecule has 5 heteroatoms. The van der Waals surface area contributed by atoms with Crippen LogP contribution in [0.5, 0.6) is 0 Å². The summed E-state index contributed by atoms with van der Waals surface area (Å²) in [4.78, 5) is 15.7. The number of aromatic nitrogens is 3. The number of nitrogens with zero attached hydrogens (tertiary/aromatic N) is 3. The van der Waals surface area contributed by atoms with Crippen molar-refractivity contribution in [2.75, 3.05) is 12.4 Å². The van der Waals surface area contributed by atoms with Gasteiger partial charge in [-0.05, 0) is 24.6 Å². The Morgan fingerprint density at radius 3 is 2.89 bits per heavy atom. The average Bonchev–Trinajstić information content (AvgIpc) is 2.90. The van der Waals surface area contributed by atoms with Crippen LogP contribution in [0.4, 0.5) is 5.82 Å². The van der Waals surface area contributed by atoms with E-state index in [1.54, 1.807) is 23.7 Å². The third-order valence-corrected chi connectivity index (χ3v) is 4.12. The van der Waals surface area contributed by atoms with Crippen molar-refractivity contribution in [3.63, 3.8) is 0 Å². The lowest BCUT2D eigenvalue weighted by atomic mass is 10.2. The van der Waals surface area contributed by atoms with Gasteiger partial charge >= 0.3 is 0 Å². The molecule has 0 aromatic carbocycles. The van der Waals surface area contributed by atoms with Crippen LogP contribution in [0.2, 0.25) is 0 Å². The second kappa shape index (κ2) is 4.93. The Labute approximate surface area is 115 Å². The highest BCUT2D eigenvalue weighted by molar-refractivity contribution is 7.18. The number of pyridine rings is 1. The Morgan fingerprint density at radius 1 is 1.32 bits per heavy atom. The van der Waals surface area contributed by atoms with Crippen LogP contribution in [0.15, 0.2) is 30.6 Å². The number of thiophene rings is 1. The van der Waals surface area contributed by atoms with Crippen LogP contribution in [0.25, 0.3) is 21.6 Å². The van der Waals surface area contributed by atoms with Gasteiger partial charge in [0.2, 0.25) is 0 Å². The SMILES string of the molecule is CCc1cc2c(NC)nc(-c3cccnc3)nc2s1. The van der Waals surface area contributed by atoms with Crippen molar-refractivity contribution in [1.82, 2.24) is 15.0 Å². The van der Waals surface area contributed by atoms with E-state index in [0.29, 0.717) is 0 Å². The number of hydrogen-bond donors (Lipinski definition) is 1. The van der Waals surface area contributed by atoms with E-state index in [4.69, 9.17) is 0 Å². The second-order valence-electron chi connectivity index (χ2n) is 4.17. The fourth-order valence-electron chi connectivity index (χ4n) is 1.96. The van der Waals surface area contributed by atoms with E-state index >= 15 is 0 Å². The van der Waals surface area contributed by atoms with E-state index in [1.807, 2.05) is 19.2 Å². The van der Waals surface area contributed by atoms with Crippen molar-refractivity contribution in [3.05, 3.63) is 35.5 Å². The normalized spacial score (nSPS) is 10.8. The van der Waals surface area contributed by atoms with Crippen LogP contribution < -0.4 is 5.32 Å². The fourth-order valence-corrected chi connectivity index (χ4v) is 2.93. The summed E-state index contributed by atoms with van der Waals surface area (Å²) in [5.41, 5.74) is 0.937. The van der Waals surface area contributed by atoms with E-state index < -0.39 is 0 Å². The smallest absolute Gasteiger partial charge is 0.164 e. The third kappa shape index (κ3) is 2.17. The topological polar surface area (TPSA) is 50.7 Å². The van der Waals surface area contributed by atoms with Gasteiger partial charge in [0.1, 0.15) is 10.6 Å². The molecule has 0 amide bonds. The van der Waals surface area contributed by atoms with Gasteiger partial charge in [0.15, 0.2) is 5.82 Å². The molecule has 0 saturated carbocycles. The van der Waals surface area contributed by atoms with Gasteiger partial charge in [0.25, 0.3) is 0 Å². The van der Waals surface area contributed by atoms with Gasteiger partial charge in [-0.15, -0.1) is 11.3 Å². The molecule has 1 N–H and O–H groups in total. The number of fused-ring (bicyclic) bond motifs is 1. The predicted octanol–water partition coefficient (Wildman–Crippen LogP) is 3.36. The lowest BCUT2D eigenvalue weighted by molar-refractivity contribution is 1.19. The monoisotopic (exact) mass is 270 g/mol. The largest absolute Gasteiger partial charge is 0.372 e. The van der Waals surface area contributed by atoms with Crippen molar-refractivity contribution in [1.29, 1.82) is 0 Å². The molecule has 0 aliphatic rings. The lowest BCUT2D eigenvalue weighted by Crippen LogP contribution is -1.97. The molecule has 3 aromatic rings. The van der Waals surface area contributed by atoms with Gasteiger partial charge in [-0.2, -0.15) is 0 Å². The van der Waals surface area contributed by atoms with Crippen molar-refractivity contribution in [3.8, 4) is 11.4 Å². The standard InChI is InChI=1S/C14H14N4S/c1-3-10-7-11-13(15-2)17-12(18-14(11)19-10)9-5-4-6-16-8-9/h4-8H,3H2,1-2H3,(H,15,17,18). The zero-order valence-electron chi connectivity index (χ0n) is 10.8. The predicted molar refractivity (Wildman–Crippen MR) is 79.6 cm³/mol. The summed E-state index contributed by atoms with van der Waals surface area (Å²) in [5, 5.41) is 4.25. The maximum absolute atomic E-state index is 4.65. The number of hydrogen-bond acceptors (Lipinski definition) is 5. The molecule has 0 spiro atoms. The van der Waals surface area contributed by atoms with Crippen LogP contribution in [0.3, 0.4) is 0 Å². The minimum absolute atomic E-state index is 0.717. The molecule has 3 heterocycles. The van der Waals surface area contributed by atoms with Crippen LogP contribution in [-0.4, -0.2) is 22.0 Å². The Kier molecular flexibility index (Phi) is 3.13. The maximum Gasteiger partial charge on any atom is 0.164 e. The molecule has 0 aliphatic carbocycles. The van der Waals surface area contributed by atoms with Gasteiger partial charge in [0, 0.05) is 29.9 Å². The van der Waals surface area contributed by atoms with Crippen LogP contribution in [-0.2, 0) is 6.42 Å². The van der Waals surface area contributed by atoms with Gasteiger partial charge in [-0.25, -0.2) is 9.97 Å². The Morgan fingerprint density at radius 2 is 2.21 bits per heavy atom. The summed E-state index contributed by atoms with van der Waals surface area (Å²) in [6, 6.07) is 6.04. The quantitative estimate of drug-likeness (QED) is 0.793. The first-order chi connectivity index (χ1) is 9.31. The summed E-state index contributed by atoms with van der Waals surface area (Å²) in [6.45, 7) is 2.15. The van der Waals surface area contributed by atoms with Gasteiger partial charge in [0.05, 0.1) is 5.39 Å². The summed E-state index contributed by atoms with van der Waals surface area (Å²) >= 11 is 1.72. The van der Waals surface area contributed by atoms with Gasteiger partial charge in [-0.1, -0.05) is 6.92 Å². The average molecular weight is 270 g/mol. The number of nitrogens with one attached hydrogen (secondary N) is 1. The fraction of sp³-hybridized carbons (Fsp3) is 0.214. The Bertz CT molecular complexity index is 706. The van der Waals surface area contributed by atoms with E-state index in [2.05, 4.69) is 33.3 Å². The minimum atomic E-state index is 0.717. The molecular weight excluding hydrogens is 256 g/mol. The first-order valence-electron chi connectivity index (χ1n) is 6.20. The molecule has 0 saturated heterocycles. The minimum Gasteiger partial charge on any atom is -0.372 e. The van der Waals surface area contributed by atoms with Crippen molar-refractivity contribution in [2.24, 2.45) is 0 Å². The molecule has 3 rings (SSSR count). The molecule has 0 bridgehead atoms. The molecule has 19 heavy (non-hydrogen) atoms. The molecule has 0 atom stereocenters. The van der Waals surface area contributed by atoms with E-state index in [-0.39, 0.29) is 0 Å². The first-order valence-corrected chi connectivity index (χ1v) is 7.02. The molecule has 0 unspecified atom stereocenters. The van der Waals surface area contributed by atoms with Crippen LogP contribution in [0.1, 0.15) is 11.8 Å². The molecule has 4 nitrogen and oxygen atoms in total. The summed E-state index contributed by atoms with van der Waals surface area (Å²) in [6.07, 6.45) is 4.56. The zero-order valence-corrected chi connectivity index (χ0v) is 11.7. The van der Waals surface area contributed by atoms with Crippen molar-refractivity contribution in [2.45, 2.75) is 13.3 Å². The van der Waals surface area contributed by atoms with E-state index in [9.17, 15) is 0 Å². The lowest BCUT2D eigenvalue weighted by Gasteiger charge is -2.04. The highest BCUT2D eigenvalue weighted by Gasteiger charge is 2.11. The van der Waals surface area contributed by atoms with E-state index in [1.165, 1.54) is 4.88 Å². The highest BCUT2D eigenvalue weighted by Crippen LogP contribution is 2.31. The van der Waals surface area contributed by atoms with Crippen LogP contribution >= 0.6 is 11.3 Å². The summed E-state index contributed by atoms with van der Waals surface area (Å²) < 4.78 is 0. The molecule has 0 aliphatic heterocycles. The van der Waals surface area contributed by atoms with Crippen molar-refractivity contribution < 1.29 is 0 Å². The molecular formula is C14H14N4S. The number of rotatable bonds is 3. The van der Waals surface area contributed by atoms with Crippen LogP contribution in [0, 0.1) is 0 Å². The highest BCUT2D eigenvalue weighted by atomic mass is 32.1. The molecule has 0 fully saturated rings. The van der Waals surface area contributed by atoms with Crippen molar-refractivity contribution >= 4 is 27.4 Å². The second-order valence-corrected chi connectivity index (χ2v) is 5.29. The Balaban J connectivity index is 2.22. The van der Waals surface area contributed by atoms with Gasteiger partial charge < -0.3 is 5.32 Å². The summed E-state index contributed by atoms with van der Waals surface area (Å²) in [5.74, 6) is 1.59. The molecule has 0 radical (unpaired) electrons. The summed E-state index contributed by atoms with van der Waals surface area (Å²) in [7, 11) is 1.89. The zero-order chi connectivity index (χ0) is 13.2.